The van der Waals surface area contributed by atoms with Gasteiger partial charge in [0, 0.05) is 6.61 Å². The van der Waals surface area contributed by atoms with Gasteiger partial charge in [-0.2, -0.15) is 13.2 Å². The molecule has 0 aliphatic heterocycles. The summed E-state index contributed by atoms with van der Waals surface area (Å²) in [4.78, 5) is 0. The van der Waals surface area contributed by atoms with Gasteiger partial charge in [0.15, 0.2) is 5.84 Å². The Labute approximate surface area is 85.9 Å². The summed E-state index contributed by atoms with van der Waals surface area (Å²) in [5, 5.41) is 10.5. The SMILES string of the molecule is CCCCOCC(C(N)=NO)C(F)(F)F. The molecule has 3 N–H and O–H groups in total. The van der Waals surface area contributed by atoms with Crippen LogP contribution in [-0.2, 0) is 4.74 Å². The zero-order chi connectivity index (χ0) is 11.9. The van der Waals surface area contributed by atoms with E-state index in [-0.39, 0.29) is 6.61 Å². The molecule has 0 heterocycles. The van der Waals surface area contributed by atoms with Crippen molar-refractivity contribution in [2.24, 2.45) is 16.8 Å². The molecule has 0 spiro atoms. The van der Waals surface area contributed by atoms with Crippen LogP contribution in [0.2, 0.25) is 0 Å². The van der Waals surface area contributed by atoms with E-state index in [2.05, 4.69) is 5.16 Å². The van der Waals surface area contributed by atoms with Crippen molar-refractivity contribution in [2.45, 2.75) is 25.9 Å². The minimum Gasteiger partial charge on any atom is -0.409 e. The van der Waals surface area contributed by atoms with Crippen LogP contribution in [0.25, 0.3) is 0 Å². The number of ether oxygens (including phenoxy) is 1. The number of unbranched alkanes of at least 4 members (excludes halogenated alkanes) is 1. The number of amidine groups is 1. The summed E-state index contributed by atoms with van der Waals surface area (Å²) in [7, 11) is 0. The van der Waals surface area contributed by atoms with Gasteiger partial charge in [-0.3, -0.25) is 0 Å². The van der Waals surface area contributed by atoms with E-state index in [0.29, 0.717) is 6.42 Å². The number of rotatable bonds is 6. The van der Waals surface area contributed by atoms with Gasteiger partial charge in [0.25, 0.3) is 0 Å². The highest BCUT2D eigenvalue weighted by Crippen LogP contribution is 2.26. The summed E-state index contributed by atoms with van der Waals surface area (Å²) in [6.07, 6.45) is -3.04. The predicted molar refractivity (Wildman–Crippen MR) is 48.7 cm³/mol. The summed E-state index contributed by atoms with van der Waals surface area (Å²) < 4.78 is 41.7. The van der Waals surface area contributed by atoms with Crippen LogP contribution in [0.15, 0.2) is 5.16 Å². The lowest BCUT2D eigenvalue weighted by molar-refractivity contribution is -0.168. The molecule has 0 aliphatic carbocycles. The maximum absolute atomic E-state index is 12.3. The highest BCUT2D eigenvalue weighted by molar-refractivity contribution is 5.83. The van der Waals surface area contributed by atoms with Crippen LogP contribution >= 0.6 is 0 Å². The molecule has 4 nitrogen and oxygen atoms in total. The van der Waals surface area contributed by atoms with Crippen LogP contribution in [0, 0.1) is 5.92 Å². The van der Waals surface area contributed by atoms with E-state index in [1.807, 2.05) is 6.92 Å². The second kappa shape index (κ2) is 6.49. The van der Waals surface area contributed by atoms with Gasteiger partial charge in [0.2, 0.25) is 0 Å². The average molecular weight is 228 g/mol. The largest absolute Gasteiger partial charge is 0.409 e. The summed E-state index contributed by atoms with van der Waals surface area (Å²) >= 11 is 0. The van der Waals surface area contributed by atoms with Crippen LogP contribution in [-0.4, -0.2) is 30.4 Å². The van der Waals surface area contributed by atoms with E-state index < -0.39 is 24.5 Å². The molecule has 0 aromatic carbocycles. The lowest BCUT2D eigenvalue weighted by atomic mass is 10.1. The highest BCUT2D eigenvalue weighted by Gasteiger charge is 2.42. The molecule has 0 amide bonds. The Balaban J connectivity index is 4.16. The topological polar surface area (TPSA) is 67.8 Å². The fraction of sp³-hybridized carbons (Fsp3) is 0.875. The van der Waals surface area contributed by atoms with Crippen molar-refractivity contribution in [3.05, 3.63) is 0 Å². The number of hydrogen-bond acceptors (Lipinski definition) is 3. The maximum Gasteiger partial charge on any atom is 0.401 e. The first kappa shape index (κ1) is 14.0. The number of alkyl halides is 3. The van der Waals surface area contributed by atoms with Crippen molar-refractivity contribution in [1.82, 2.24) is 0 Å². The number of hydrogen-bond donors (Lipinski definition) is 2. The van der Waals surface area contributed by atoms with Crippen LogP contribution < -0.4 is 5.73 Å². The molecule has 0 aromatic rings. The minimum atomic E-state index is -4.55. The molecule has 90 valence electrons. The Morgan fingerprint density at radius 3 is 2.53 bits per heavy atom. The lowest BCUT2D eigenvalue weighted by Gasteiger charge is -2.18. The molecule has 0 radical (unpaired) electrons. The molecule has 0 aliphatic rings. The molecule has 1 atom stereocenters. The van der Waals surface area contributed by atoms with Gasteiger partial charge < -0.3 is 15.7 Å². The van der Waals surface area contributed by atoms with Crippen molar-refractivity contribution in [1.29, 1.82) is 0 Å². The van der Waals surface area contributed by atoms with Gasteiger partial charge in [0.05, 0.1) is 6.61 Å². The van der Waals surface area contributed by atoms with Gasteiger partial charge in [-0.15, -0.1) is 0 Å². The molecule has 0 bridgehead atoms. The number of halogens is 3. The van der Waals surface area contributed by atoms with Crippen LogP contribution in [0.1, 0.15) is 19.8 Å². The average Bonchev–Trinajstić information content (AvgIpc) is 2.15. The van der Waals surface area contributed by atoms with Gasteiger partial charge in [0.1, 0.15) is 5.92 Å². The minimum absolute atomic E-state index is 0.238. The molecular formula is C8H15F3N2O2. The van der Waals surface area contributed by atoms with Gasteiger partial charge in [-0.05, 0) is 6.42 Å². The Kier molecular flexibility index (Phi) is 6.07. The number of oxime groups is 1. The second-order valence-electron chi connectivity index (χ2n) is 3.05. The standard InChI is InChI=1S/C8H15F3N2O2/c1-2-3-4-15-5-6(7(12)13-14)8(9,10)11/h6,14H,2-5H2,1H3,(H2,12,13). The first-order valence-electron chi connectivity index (χ1n) is 4.55. The van der Waals surface area contributed by atoms with E-state index >= 15 is 0 Å². The van der Waals surface area contributed by atoms with Crippen LogP contribution in [0.3, 0.4) is 0 Å². The van der Waals surface area contributed by atoms with E-state index in [0.717, 1.165) is 6.42 Å². The molecule has 0 saturated heterocycles. The summed E-state index contributed by atoms with van der Waals surface area (Å²) in [5.41, 5.74) is 4.92. The zero-order valence-corrected chi connectivity index (χ0v) is 8.42. The van der Waals surface area contributed by atoms with Crippen molar-refractivity contribution < 1.29 is 23.1 Å². The van der Waals surface area contributed by atoms with Crippen molar-refractivity contribution >= 4 is 5.84 Å². The Bertz CT molecular complexity index is 207. The monoisotopic (exact) mass is 228 g/mol. The quantitative estimate of drug-likeness (QED) is 0.239. The summed E-state index contributed by atoms with van der Waals surface area (Å²) in [5.74, 6) is -2.92. The fourth-order valence-electron chi connectivity index (χ4n) is 0.865. The van der Waals surface area contributed by atoms with E-state index in [9.17, 15) is 13.2 Å². The predicted octanol–water partition coefficient (Wildman–Crippen LogP) is 1.73. The second-order valence-corrected chi connectivity index (χ2v) is 3.05. The van der Waals surface area contributed by atoms with Crippen molar-refractivity contribution in [3.63, 3.8) is 0 Å². The molecular weight excluding hydrogens is 213 g/mol. The van der Waals surface area contributed by atoms with E-state index in [1.54, 1.807) is 0 Å². The molecule has 0 saturated carbocycles. The van der Waals surface area contributed by atoms with E-state index in [4.69, 9.17) is 15.7 Å². The number of nitrogens with zero attached hydrogens (tertiary/aromatic N) is 1. The van der Waals surface area contributed by atoms with Crippen molar-refractivity contribution in [3.8, 4) is 0 Å². The highest BCUT2D eigenvalue weighted by atomic mass is 19.4. The molecule has 7 heteroatoms. The molecule has 0 fully saturated rings. The Morgan fingerprint density at radius 2 is 2.13 bits per heavy atom. The first-order valence-corrected chi connectivity index (χ1v) is 4.55. The van der Waals surface area contributed by atoms with Gasteiger partial charge >= 0.3 is 6.18 Å². The number of nitrogens with two attached hydrogens (primary N) is 1. The summed E-state index contributed by atoms with van der Waals surface area (Å²) in [6, 6.07) is 0. The van der Waals surface area contributed by atoms with Gasteiger partial charge in [-0.1, -0.05) is 18.5 Å². The third kappa shape index (κ3) is 5.46. The zero-order valence-electron chi connectivity index (χ0n) is 8.42. The van der Waals surface area contributed by atoms with Crippen LogP contribution in [0.5, 0.6) is 0 Å². The molecule has 1 unspecified atom stereocenters. The van der Waals surface area contributed by atoms with Crippen molar-refractivity contribution in [2.75, 3.05) is 13.2 Å². The summed E-state index contributed by atoms with van der Waals surface area (Å²) in [6.45, 7) is 1.52. The Morgan fingerprint density at radius 1 is 1.53 bits per heavy atom. The fourth-order valence-corrected chi connectivity index (χ4v) is 0.865. The molecule has 0 aromatic heterocycles. The lowest BCUT2D eigenvalue weighted by Crippen LogP contribution is -2.39. The molecule has 0 rings (SSSR count). The smallest absolute Gasteiger partial charge is 0.401 e. The molecule has 15 heavy (non-hydrogen) atoms. The maximum atomic E-state index is 12.3. The third-order valence-electron chi connectivity index (χ3n) is 1.79. The first-order chi connectivity index (χ1) is 6.93. The van der Waals surface area contributed by atoms with Crippen LogP contribution in [0.4, 0.5) is 13.2 Å². The normalized spacial score (nSPS) is 15.3. The van der Waals surface area contributed by atoms with Gasteiger partial charge in [-0.25, -0.2) is 0 Å². The Hall–Kier alpha value is -0.980. The third-order valence-corrected chi connectivity index (χ3v) is 1.79. The van der Waals surface area contributed by atoms with E-state index in [1.165, 1.54) is 0 Å².